The second kappa shape index (κ2) is 6.74. The largest absolute Gasteiger partial charge is 0.294 e. The molecule has 0 atom stereocenters. The summed E-state index contributed by atoms with van der Waals surface area (Å²) >= 11 is 3.06. The molecule has 0 spiro atoms. The molecule has 1 aromatic heterocycles. The van der Waals surface area contributed by atoms with E-state index in [0.717, 1.165) is 22.9 Å². The Hall–Kier alpha value is -0.660. The minimum absolute atomic E-state index is 0.106. The molecule has 0 bridgehead atoms. The molecule has 3 N–H and O–H groups in total. The first kappa shape index (κ1) is 11.4. The number of nitrogens with one attached hydrogen (secondary N) is 1. The Bertz CT molecular complexity index is 265. The molecular weight excluding hydrogens is 220 g/mol. The molecule has 1 heterocycles. The lowest BCUT2D eigenvalue weighted by Crippen LogP contribution is -2.29. The Morgan fingerprint density at radius 1 is 1.64 bits per heavy atom. The summed E-state index contributed by atoms with van der Waals surface area (Å²) < 4.78 is 4.87. The highest BCUT2D eigenvalue weighted by Gasteiger charge is 1.99. The minimum atomic E-state index is -0.106. The van der Waals surface area contributed by atoms with Crippen molar-refractivity contribution in [2.45, 2.75) is 23.6 Å². The van der Waals surface area contributed by atoms with Gasteiger partial charge in [-0.2, -0.15) is 4.37 Å². The zero-order valence-corrected chi connectivity index (χ0v) is 9.24. The maximum atomic E-state index is 10.7. The highest BCUT2D eigenvalue weighted by atomic mass is 32.2. The average molecular weight is 232 g/mol. The van der Waals surface area contributed by atoms with E-state index in [9.17, 15) is 4.79 Å². The van der Waals surface area contributed by atoms with Crippen molar-refractivity contribution in [1.82, 2.24) is 14.8 Å². The predicted octanol–water partition coefficient (Wildman–Crippen LogP) is 0.790. The summed E-state index contributed by atoms with van der Waals surface area (Å²) in [4.78, 5) is 14.8. The fourth-order valence-electron chi connectivity index (χ4n) is 0.846. The summed E-state index contributed by atoms with van der Waals surface area (Å²) in [6.07, 6.45) is 3.88. The number of nitrogens with zero attached hydrogens (tertiary/aromatic N) is 2. The van der Waals surface area contributed by atoms with Crippen molar-refractivity contribution < 1.29 is 4.79 Å². The van der Waals surface area contributed by atoms with E-state index in [1.54, 1.807) is 18.1 Å². The number of hydrogen-bond acceptors (Lipinski definition) is 6. The third kappa shape index (κ3) is 4.54. The Balaban J connectivity index is 1.97. The van der Waals surface area contributed by atoms with Crippen LogP contribution in [0.5, 0.6) is 0 Å². The molecule has 0 saturated carbocycles. The van der Waals surface area contributed by atoms with Crippen molar-refractivity contribution in [3.8, 4) is 0 Å². The zero-order valence-electron chi connectivity index (χ0n) is 7.60. The molecule has 0 aliphatic rings. The molecule has 0 aromatic carbocycles. The number of hydrogen-bond donors (Lipinski definition) is 2. The zero-order chi connectivity index (χ0) is 10.2. The molecular formula is C7H12N4OS2. The Labute approximate surface area is 90.6 Å². The third-order valence-electron chi connectivity index (χ3n) is 1.53. The lowest BCUT2D eigenvalue weighted by molar-refractivity contribution is -0.121. The van der Waals surface area contributed by atoms with Crippen LogP contribution in [0.1, 0.15) is 19.3 Å². The number of nitrogens with two attached hydrogens (primary N) is 1. The first-order valence-corrected chi connectivity index (χ1v) is 5.97. The SMILES string of the molecule is NNC(=O)CCCCSc1ncns1. The fourth-order valence-corrected chi connectivity index (χ4v) is 2.36. The van der Waals surface area contributed by atoms with Gasteiger partial charge in [-0.25, -0.2) is 10.8 Å². The average Bonchev–Trinajstić information content (AvgIpc) is 2.69. The molecule has 5 nitrogen and oxygen atoms in total. The van der Waals surface area contributed by atoms with Gasteiger partial charge in [0.25, 0.3) is 0 Å². The van der Waals surface area contributed by atoms with Crippen molar-refractivity contribution in [3.05, 3.63) is 6.33 Å². The molecule has 7 heteroatoms. The number of unbranched alkanes of at least 4 members (excludes halogenated alkanes) is 1. The number of aromatic nitrogens is 2. The highest BCUT2D eigenvalue weighted by Crippen LogP contribution is 2.19. The molecule has 0 radical (unpaired) electrons. The van der Waals surface area contributed by atoms with Crippen LogP contribution in [0.15, 0.2) is 10.7 Å². The van der Waals surface area contributed by atoms with Crippen LogP contribution in [0.25, 0.3) is 0 Å². The van der Waals surface area contributed by atoms with Crippen LogP contribution in [0, 0.1) is 0 Å². The summed E-state index contributed by atoms with van der Waals surface area (Å²) in [6, 6.07) is 0. The molecule has 14 heavy (non-hydrogen) atoms. The molecule has 1 rings (SSSR count). The molecule has 0 aliphatic heterocycles. The van der Waals surface area contributed by atoms with Gasteiger partial charge in [0.1, 0.15) is 6.33 Å². The van der Waals surface area contributed by atoms with E-state index in [4.69, 9.17) is 5.84 Å². The first-order chi connectivity index (χ1) is 6.83. The summed E-state index contributed by atoms with van der Waals surface area (Å²) in [5, 5.41) is 0. The van der Waals surface area contributed by atoms with E-state index in [1.807, 2.05) is 0 Å². The van der Waals surface area contributed by atoms with Crippen LogP contribution >= 0.6 is 23.3 Å². The fraction of sp³-hybridized carbons (Fsp3) is 0.571. The first-order valence-electron chi connectivity index (χ1n) is 4.22. The standard InChI is InChI=1S/C7H12N4OS2/c8-11-6(12)3-1-2-4-13-7-9-5-10-14-7/h5H,1-4,8H2,(H,11,12). The van der Waals surface area contributed by atoms with Gasteiger partial charge < -0.3 is 0 Å². The number of thioether (sulfide) groups is 1. The van der Waals surface area contributed by atoms with Crippen molar-refractivity contribution >= 4 is 29.2 Å². The molecule has 0 unspecified atom stereocenters. The van der Waals surface area contributed by atoms with Crippen molar-refractivity contribution in [3.63, 3.8) is 0 Å². The van der Waals surface area contributed by atoms with Gasteiger partial charge >= 0.3 is 0 Å². The van der Waals surface area contributed by atoms with E-state index in [-0.39, 0.29) is 5.91 Å². The monoisotopic (exact) mass is 232 g/mol. The van der Waals surface area contributed by atoms with Gasteiger partial charge in [0.2, 0.25) is 5.91 Å². The molecule has 78 valence electrons. The van der Waals surface area contributed by atoms with E-state index < -0.39 is 0 Å². The summed E-state index contributed by atoms with van der Waals surface area (Å²) in [5.41, 5.74) is 2.10. The Kier molecular flexibility index (Phi) is 5.50. The lowest BCUT2D eigenvalue weighted by atomic mass is 10.2. The minimum Gasteiger partial charge on any atom is -0.294 e. The van der Waals surface area contributed by atoms with Gasteiger partial charge in [-0.3, -0.25) is 10.2 Å². The van der Waals surface area contributed by atoms with Gasteiger partial charge in [-0.05, 0) is 24.4 Å². The van der Waals surface area contributed by atoms with Gasteiger partial charge in [0.15, 0.2) is 4.34 Å². The molecule has 0 saturated heterocycles. The number of hydrazine groups is 1. The predicted molar refractivity (Wildman–Crippen MR) is 56.8 cm³/mol. The van der Waals surface area contributed by atoms with Crippen molar-refractivity contribution in [2.75, 3.05) is 5.75 Å². The molecule has 0 aliphatic carbocycles. The van der Waals surface area contributed by atoms with E-state index in [2.05, 4.69) is 14.8 Å². The Morgan fingerprint density at radius 2 is 2.50 bits per heavy atom. The summed E-state index contributed by atoms with van der Waals surface area (Å²) in [7, 11) is 0. The van der Waals surface area contributed by atoms with Gasteiger partial charge in [-0.1, -0.05) is 11.8 Å². The summed E-state index contributed by atoms with van der Waals surface area (Å²) in [6.45, 7) is 0. The number of carbonyl (C=O) groups excluding carboxylic acids is 1. The number of amides is 1. The lowest BCUT2D eigenvalue weighted by Gasteiger charge is -1.98. The third-order valence-corrected chi connectivity index (χ3v) is 3.41. The molecule has 0 fully saturated rings. The van der Waals surface area contributed by atoms with Crippen molar-refractivity contribution in [2.24, 2.45) is 5.84 Å². The van der Waals surface area contributed by atoms with Gasteiger partial charge in [-0.15, -0.1) is 0 Å². The molecule has 1 aromatic rings. The van der Waals surface area contributed by atoms with Gasteiger partial charge in [0.05, 0.1) is 0 Å². The van der Waals surface area contributed by atoms with Crippen LogP contribution in [-0.4, -0.2) is 21.0 Å². The van der Waals surface area contributed by atoms with Crippen LogP contribution in [0.3, 0.4) is 0 Å². The van der Waals surface area contributed by atoms with Crippen LogP contribution in [0.4, 0.5) is 0 Å². The van der Waals surface area contributed by atoms with Crippen LogP contribution in [-0.2, 0) is 4.79 Å². The van der Waals surface area contributed by atoms with Crippen LogP contribution < -0.4 is 11.3 Å². The molecule has 1 amide bonds. The normalized spacial score (nSPS) is 10.1. The number of rotatable bonds is 6. The second-order valence-electron chi connectivity index (χ2n) is 2.58. The smallest absolute Gasteiger partial charge is 0.233 e. The number of carbonyl (C=O) groups is 1. The highest BCUT2D eigenvalue weighted by molar-refractivity contribution is 8.00. The van der Waals surface area contributed by atoms with E-state index >= 15 is 0 Å². The maximum Gasteiger partial charge on any atom is 0.233 e. The van der Waals surface area contributed by atoms with E-state index in [0.29, 0.717) is 6.42 Å². The Morgan fingerprint density at radius 3 is 3.14 bits per heavy atom. The van der Waals surface area contributed by atoms with Crippen molar-refractivity contribution in [1.29, 1.82) is 0 Å². The second-order valence-corrected chi connectivity index (χ2v) is 4.70. The van der Waals surface area contributed by atoms with E-state index in [1.165, 1.54) is 11.5 Å². The quantitative estimate of drug-likeness (QED) is 0.249. The topological polar surface area (TPSA) is 80.9 Å². The summed E-state index contributed by atoms with van der Waals surface area (Å²) in [5.74, 6) is 5.80. The van der Waals surface area contributed by atoms with Gasteiger partial charge in [0, 0.05) is 12.2 Å². The van der Waals surface area contributed by atoms with Crippen LogP contribution in [0.2, 0.25) is 0 Å². The maximum absolute atomic E-state index is 10.7.